The van der Waals surface area contributed by atoms with Crippen LogP contribution in [0.25, 0.3) is 0 Å². The van der Waals surface area contributed by atoms with E-state index in [1.807, 2.05) is 25.1 Å². The van der Waals surface area contributed by atoms with Gasteiger partial charge in [-0.05, 0) is 55.3 Å². The van der Waals surface area contributed by atoms with Crippen LogP contribution in [-0.4, -0.2) is 19.6 Å². The van der Waals surface area contributed by atoms with Gasteiger partial charge in [-0.3, -0.25) is 4.79 Å². The van der Waals surface area contributed by atoms with Crippen molar-refractivity contribution >= 4 is 23.2 Å². The lowest BCUT2D eigenvalue weighted by molar-refractivity contribution is -0.116. The van der Waals surface area contributed by atoms with Crippen LogP contribution in [0.1, 0.15) is 18.4 Å². The standard InChI is InChI=1S/C18H20ClNO3/c1-13-5-10-17(22-2)16(12-13)20-18(21)4-3-11-23-15-8-6-14(19)7-9-15/h5-10,12H,3-4,11H2,1-2H3,(H,20,21). The Balaban J connectivity index is 1.77. The van der Waals surface area contributed by atoms with Crippen molar-refractivity contribution in [3.63, 3.8) is 0 Å². The van der Waals surface area contributed by atoms with Crippen LogP contribution in [0.4, 0.5) is 5.69 Å². The molecule has 4 nitrogen and oxygen atoms in total. The van der Waals surface area contributed by atoms with Crippen molar-refractivity contribution in [2.24, 2.45) is 0 Å². The van der Waals surface area contributed by atoms with E-state index in [2.05, 4.69) is 5.32 Å². The summed E-state index contributed by atoms with van der Waals surface area (Å²) in [6.07, 6.45) is 1.01. The fourth-order valence-corrected chi connectivity index (χ4v) is 2.21. The van der Waals surface area contributed by atoms with Crippen LogP contribution >= 0.6 is 11.6 Å². The van der Waals surface area contributed by atoms with Crippen molar-refractivity contribution in [1.82, 2.24) is 0 Å². The molecule has 0 saturated carbocycles. The summed E-state index contributed by atoms with van der Waals surface area (Å²) in [6, 6.07) is 12.8. The predicted octanol–water partition coefficient (Wildman–Crippen LogP) is 4.45. The molecule has 1 N–H and O–H groups in total. The molecule has 0 unspecified atom stereocenters. The van der Waals surface area contributed by atoms with Crippen LogP contribution in [0.5, 0.6) is 11.5 Å². The molecule has 2 aromatic carbocycles. The SMILES string of the molecule is COc1ccc(C)cc1NC(=O)CCCOc1ccc(Cl)cc1. The van der Waals surface area contributed by atoms with Crippen molar-refractivity contribution in [3.05, 3.63) is 53.1 Å². The molecule has 122 valence electrons. The lowest BCUT2D eigenvalue weighted by Gasteiger charge is -2.11. The fraction of sp³-hybridized carbons (Fsp3) is 0.278. The predicted molar refractivity (Wildman–Crippen MR) is 92.5 cm³/mol. The molecule has 0 aromatic heterocycles. The molecule has 23 heavy (non-hydrogen) atoms. The highest BCUT2D eigenvalue weighted by Gasteiger charge is 2.08. The fourth-order valence-electron chi connectivity index (χ4n) is 2.09. The summed E-state index contributed by atoms with van der Waals surface area (Å²) in [5, 5.41) is 3.54. The summed E-state index contributed by atoms with van der Waals surface area (Å²) in [6.45, 7) is 2.44. The zero-order valence-electron chi connectivity index (χ0n) is 13.3. The summed E-state index contributed by atoms with van der Waals surface area (Å²) in [7, 11) is 1.58. The van der Waals surface area contributed by atoms with Gasteiger partial charge in [0.25, 0.3) is 0 Å². The second kappa shape index (κ2) is 8.44. The number of aryl methyl sites for hydroxylation is 1. The second-order valence-corrected chi connectivity index (χ2v) is 5.59. The normalized spacial score (nSPS) is 10.2. The maximum absolute atomic E-state index is 12.0. The molecule has 0 aliphatic heterocycles. The highest BCUT2D eigenvalue weighted by Crippen LogP contribution is 2.25. The first-order valence-electron chi connectivity index (χ1n) is 7.41. The minimum absolute atomic E-state index is 0.0615. The molecular weight excluding hydrogens is 314 g/mol. The average molecular weight is 334 g/mol. The molecule has 0 fully saturated rings. The van der Waals surface area contributed by atoms with Gasteiger partial charge in [0.05, 0.1) is 19.4 Å². The number of ether oxygens (including phenoxy) is 2. The number of anilines is 1. The average Bonchev–Trinajstić information content (AvgIpc) is 2.53. The third-order valence-electron chi connectivity index (χ3n) is 3.26. The number of carbonyl (C=O) groups excluding carboxylic acids is 1. The third-order valence-corrected chi connectivity index (χ3v) is 3.51. The molecular formula is C18H20ClNO3. The van der Waals surface area contributed by atoms with E-state index in [1.165, 1.54) is 0 Å². The summed E-state index contributed by atoms with van der Waals surface area (Å²) in [5.41, 5.74) is 1.75. The van der Waals surface area contributed by atoms with Crippen LogP contribution in [0.2, 0.25) is 5.02 Å². The summed E-state index contributed by atoms with van der Waals surface area (Å²) in [5.74, 6) is 1.34. The molecule has 2 rings (SSSR count). The number of carbonyl (C=O) groups is 1. The van der Waals surface area contributed by atoms with E-state index in [1.54, 1.807) is 31.4 Å². The molecule has 0 saturated heterocycles. The van der Waals surface area contributed by atoms with Crippen LogP contribution in [0, 0.1) is 6.92 Å². The van der Waals surface area contributed by atoms with Gasteiger partial charge in [0.1, 0.15) is 11.5 Å². The van der Waals surface area contributed by atoms with E-state index < -0.39 is 0 Å². The second-order valence-electron chi connectivity index (χ2n) is 5.16. The molecule has 0 radical (unpaired) electrons. The molecule has 0 atom stereocenters. The zero-order valence-corrected chi connectivity index (χ0v) is 14.0. The van der Waals surface area contributed by atoms with Gasteiger partial charge in [0, 0.05) is 11.4 Å². The lowest BCUT2D eigenvalue weighted by Crippen LogP contribution is -2.13. The number of halogens is 1. The lowest BCUT2D eigenvalue weighted by atomic mass is 10.2. The first-order valence-corrected chi connectivity index (χ1v) is 7.79. The number of hydrogen-bond donors (Lipinski definition) is 1. The van der Waals surface area contributed by atoms with Gasteiger partial charge in [-0.25, -0.2) is 0 Å². The Morgan fingerprint density at radius 3 is 2.61 bits per heavy atom. The molecule has 0 aliphatic carbocycles. The number of amides is 1. The maximum Gasteiger partial charge on any atom is 0.224 e. The van der Waals surface area contributed by atoms with Gasteiger partial charge in [0.2, 0.25) is 5.91 Å². The van der Waals surface area contributed by atoms with Crippen LogP contribution < -0.4 is 14.8 Å². The largest absolute Gasteiger partial charge is 0.495 e. The number of methoxy groups -OCH3 is 1. The summed E-state index contributed by atoms with van der Waals surface area (Å²) in [4.78, 5) is 12.0. The first kappa shape index (κ1) is 17.2. The van der Waals surface area contributed by atoms with Crippen molar-refractivity contribution < 1.29 is 14.3 Å². The summed E-state index contributed by atoms with van der Waals surface area (Å²) < 4.78 is 10.8. The van der Waals surface area contributed by atoms with Crippen molar-refractivity contribution in [1.29, 1.82) is 0 Å². The number of hydrogen-bond acceptors (Lipinski definition) is 3. The highest BCUT2D eigenvalue weighted by molar-refractivity contribution is 6.30. The minimum Gasteiger partial charge on any atom is -0.495 e. The Bertz CT molecular complexity index is 656. The topological polar surface area (TPSA) is 47.6 Å². The Morgan fingerprint density at radius 1 is 1.17 bits per heavy atom. The van der Waals surface area contributed by atoms with Gasteiger partial charge in [-0.1, -0.05) is 17.7 Å². The third kappa shape index (κ3) is 5.49. The Hall–Kier alpha value is -2.20. The van der Waals surface area contributed by atoms with E-state index in [0.29, 0.717) is 35.9 Å². The van der Waals surface area contributed by atoms with Crippen molar-refractivity contribution in [2.75, 3.05) is 19.0 Å². The Kier molecular flexibility index (Phi) is 6.29. The molecule has 0 heterocycles. The molecule has 0 spiro atoms. The van der Waals surface area contributed by atoms with Gasteiger partial charge < -0.3 is 14.8 Å². The Morgan fingerprint density at radius 2 is 1.91 bits per heavy atom. The number of rotatable bonds is 7. The molecule has 0 bridgehead atoms. The van der Waals surface area contributed by atoms with E-state index in [9.17, 15) is 4.79 Å². The van der Waals surface area contributed by atoms with E-state index >= 15 is 0 Å². The van der Waals surface area contributed by atoms with Crippen LogP contribution in [0.15, 0.2) is 42.5 Å². The molecule has 5 heteroatoms. The zero-order chi connectivity index (χ0) is 16.7. The van der Waals surface area contributed by atoms with Gasteiger partial charge in [-0.15, -0.1) is 0 Å². The van der Waals surface area contributed by atoms with Gasteiger partial charge in [-0.2, -0.15) is 0 Å². The summed E-state index contributed by atoms with van der Waals surface area (Å²) >= 11 is 5.81. The highest BCUT2D eigenvalue weighted by atomic mass is 35.5. The first-order chi connectivity index (χ1) is 11.1. The van der Waals surface area contributed by atoms with Crippen molar-refractivity contribution in [3.8, 4) is 11.5 Å². The van der Waals surface area contributed by atoms with E-state index in [-0.39, 0.29) is 5.91 Å². The number of benzene rings is 2. The molecule has 2 aromatic rings. The van der Waals surface area contributed by atoms with E-state index in [4.69, 9.17) is 21.1 Å². The smallest absolute Gasteiger partial charge is 0.224 e. The Labute approximate surface area is 141 Å². The monoisotopic (exact) mass is 333 g/mol. The number of nitrogens with one attached hydrogen (secondary N) is 1. The van der Waals surface area contributed by atoms with Crippen LogP contribution in [-0.2, 0) is 4.79 Å². The molecule has 0 aliphatic rings. The quantitative estimate of drug-likeness (QED) is 0.761. The van der Waals surface area contributed by atoms with Crippen LogP contribution in [0.3, 0.4) is 0 Å². The van der Waals surface area contributed by atoms with Gasteiger partial charge in [0.15, 0.2) is 0 Å². The van der Waals surface area contributed by atoms with Crippen molar-refractivity contribution in [2.45, 2.75) is 19.8 Å². The maximum atomic E-state index is 12.0. The molecule has 1 amide bonds. The van der Waals surface area contributed by atoms with Gasteiger partial charge >= 0.3 is 0 Å². The minimum atomic E-state index is -0.0615. The van der Waals surface area contributed by atoms with E-state index in [0.717, 1.165) is 11.3 Å².